The number of carbonyl (C=O) groups excluding carboxylic acids is 2. The van der Waals surface area contributed by atoms with Crippen LogP contribution in [0, 0.1) is 11.3 Å². The van der Waals surface area contributed by atoms with Gasteiger partial charge in [0.25, 0.3) is 25.8 Å². The summed E-state index contributed by atoms with van der Waals surface area (Å²) in [7, 11) is -13.0. The Morgan fingerprint density at radius 3 is 2.32 bits per heavy atom. The molecule has 2 N–H and O–H groups in total. The molecule has 2 fully saturated rings. The molecule has 2 amide bonds. The summed E-state index contributed by atoms with van der Waals surface area (Å²) in [6.45, 7) is 14.7. The molecule has 15 nitrogen and oxygen atoms in total. The molecule has 2 aliphatic heterocycles. The maximum Gasteiger partial charge on any atom is 0.501 e. The van der Waals surface area contributed by atoms with E-state index in [1.807, 2.05) is 21.8 Å². The van der Waals surface area contributed by atoms with Gasteiger partial charge in [0.05, 0.1) is 27.7 Å². The fourth-order valence-corrected chi connectivity index (χ4v) is 14.0. The van der Waals surface area contributed by atoms with Gasteiger partial charge in [-0.15, -0.1) is 9.41 Å². The quantitative estimate of drug-likeness (QED) is 0.0948. The van der Waals surface area contributed by atoms with Crippen LogP contribution in [0.15, 0.2) is 105 Å². The average molecular weight is 1110 g/mol. The summed E-state index contributed by atoms with van der Waals surface area (Å²) in [5.41, 5.74) is -0.819. The molecule has 1 atom stereocenters. The monoisotopic (exact) mass is 1110 g/mol. The molecule has 3 aliphatic rings. The fraction of sp³-hybridized carbons (Fsp3) is 0.434. The number of alkyl halides is 3. The number of rotatable bonds is 15. The first-order valence-corrected chi connectivity index (χ1v) is 30.2. The zero-order chi connectivity index (χ0) is 54.1. The molecule has 22 heteroatoms. The number of sulfonamides is 1. The van der Waals surface area contributed by atoms with E-state index in [1.165, 1.54) is 29.0 Å². The summed E-state index contributed by atoms with van der Waals surface area (Å²) >= 11 is 6.24. The van der Waals surface area contributed by atoms with Crippen LogP contribution in [0.3, 0.4) is 0 Å². The lowest BCUT2D eigenvalue weighted by Gasteiger charge is -2.39. The molecule has 0 bridgehead atoms. The van der Waals surface area contributed by atoms with Gasteiger partial charge in [-0.05, 0) is 116 Å². The summed E-state index contributed by atoms with van der Waals surface area (Å²) < 4.78 is 115. The van der Waals surface area contributed by atoms with Crippen molar-refractivity contribution in [1.29, 1.82) is 0 Å². The van der Waals surface area contributed by atoms with E-state index >= 15 is 0 Å². The lowest BCUT2D eigenvalue weighted by Crippen LogP contribution is -2.47. The standard InChI is InChI=1S/C53H63ClF3N7O8S3/c1-35(2)71-51(66)61-73(6)25-23-63(24-26-73)33-36(3)27-38-9-13-44(30-48(38)74(67,68)53(55,56)57)75(69,70)60-50(65)45-14-12-42(29-47(45)72-43-28-39-16-18-58-49(39)59-32-43)64-21-19-62(20-22-64)34-40-15-17-52(4,5)31-46(40)37-7-10-41(54)11-8-37/h7-14,16,18,28-30,32,35-36H,6,15,17,19-27,31,33-34H2,1-5H3,(H,58,59)(H,60,65)/t36-/m1/s1. The van der Waals surface area contributed by atoms with Gasteiger partial charge in [0.2, 0.25) is 0 Å². The number of halogens is 4. The zero-order valence-electron chi connectivity index (χ0n) is 42.6. The second-order valence-corrected chi connectivity index (χ2v) is 27.8. The molecule has 5 aromatic rings. The van der Waals surface area contributed by atoms with Crippen LogP contribution in [0.1, 0.15) is 75.4 Å². The molecule has 2 aromatic heterocycles. The molecule has 8 rings (SSSR count). The third kappa shape index (κ3) is 13.6. The number of allylic oxidation sites excluding steroid dienone is 1. The number of sulfone groups is 1. The maximum absolute atomic E-state index is 14.3. The van der Waals surface area contributed by atoms with Crippen molar-refractivity contribution in [3.8, 4) is 11.5 Å². The van der Waals surface area contributed by atoms with Crippen molar-refractivity contribution in [3.63, 3.8) is 0 Å². The van der Waals surface area contributed by atoms with Crippen LogP contribution in [0.4, 0.5) is 23.7 Å². The van der Waals surface area contributed by atoms with Crippen LogP contribution in [-0.4, -0.2) is 130 Å². The molecule has 75 heavy (non-hydrogen) atoms. The van der Waals surface area contributed by atoms with Gasteiger partial charge in [0.1, 0.15) is 17.1 Å². The largest absolute Gasteiger partial charge is 0.501 e. The Bertz CT molecular complexity index is 3330. The van der Waals surface area contributed by atoms with E-state index in [4.69, 9.17) is 21.1 Å². The molecule has 0 unspecified atom stereocenters. The number of anilines is 1. The van der Waals surface area contributed by atoms with E-state index in [9.17, 15) is 39.6 Å². The highest BCUT2D eigenvalue weighted by atomic mass is 35.5. The summed E-state index contributed by atoms with van der Waals surface area (Å²) in [4.78, 5) is 38.3. The zero-order valence-corrected chi connectivity index (χ0v) is 45.8. The molecular formula is C53H63ClF3N7O8S3. The molecule has 404 valence electrons. The Morgan fingerprint density at radius 2 is 1.64 bits per heavy atom. The van der Waals surface area contributed by atoms with Crippen molar-refractivity contribution in [3.05, 3.63) is 112 Å². The smallest absolute Gasteiger partial charge is 0.455 e. The normalized spacial score (nSPS) is 18.2. The molecule has 3 aromatic carbocycles. The Kier molecular flexibility index (Phi) is 16.6. The van der Waals surface area contributed by atoms with Gasteiger partial charge < -0.3 is 24.3 Å². The summed E-state index contributed by atoms with van der Waals surface area (Å²) in [6, 6.07) is 18.7. The minimum atomic E-state index is -6.08. The van der Waals surface area contributed by atoms with Crippen molar-refractivity contribution >= 4 is 81.0 Å². The van der Waals surface area contributed by atoms with E-state index < -0.39 is 62.5 Å². The number of ether oxygens (including phenoxy) is 2. The minimum Gasteiger partial charge on any atom is -0.455 e. The third-order valence-corrected chi connectivity index (χ3v) is 19.4. The molecular weight excluding hydrogens is 1050 g/mol. The highest BCUT2D eigenvalue weighted by molar-refractivity contribution is 8.02. The van der Waals surface area contributed by atoms with Gasteiger partial charge in [0.15, 0.2) is 0 Å². The van der Waals surface area contributed by atoms with E-state index in [-0.39, 0.29) is 40.6 Å². The van der Waals surface area contributed by atoms with Crippen molar-refractivity contribution in [2.24, 2.45) is 15.7 Å². The Balaban J connectivity index is 1.00. The van der Waals surface area contributed by atoms with Gasteiger partial charge in [0, 0.05) is 92.2 Å². The third-order valence-electron chi connectivity index (χ3n) is 13.8. The number of fused-ring (bicyclic) bond motifs is 1. The van der Waals surface area contributed by atoms with Crippen molar-refractivity contribution in [2.75, 3.05) is 68.8 Å². The number of hydrogen-bond donors (Lipinski definition) is 2. The van der Waals surface area contributed by atoms with Crippen molar-refractivity contribution < 1.29 is 49.1 Å². The predicted molar refractivity (Wildman–Crippen MR) is 289 cm³/mol. The highest BCUT2D eigenvalue weighted by Crippen LogP contribution is 2.44. The van der Waals surface area contributed by atoms with Crippen LogP contribution >= 0.6 is 11.6 Å². The van der Waals surface area contributed by atoms with Gasteiger partial charge in [-0.2, -0.15) is 17.5 Å². The van der Waals surface area contributed by atoms with Crippen LogP contribution in [0.5, 0.6) is 11.5 Å². The first-order valence-electron chi connectivity index (χ1n) is 24.7. The summed E-state index contributed by atoms with van der Waals surface area (Å²) in [6.07, 6.45) is 5.01. The van der Waals surface area contributed by atoms with Gasteiger partial charge in [-0.3, -0.25) is 9.69 Å². The lowest BCUT2D eigenvalue weighted by atomic mass is 9.72. The predicted octanol–water partition coefficient (Wildman–Crippen LogP) is 10.0. The van der Waals surface area contributed by atoms with Crippen LogP contribution in [0.2, 0.25) is 5.02 Å². The van der Waals surface area contributed by atoms with Crippen LogP contribution in [-0.2, 0) is 40.4 Å². The number of carbonyl (C=O) groups is 2. The number of nitrogens with zero attached hydrogens (tertiary/aromatic N) is 5. The molecule has 4 heterocycles. The summed E-state index contributed by atoms with van der Waals surface area (Å²) in [5, 5.41) is 1.40. The fourth-order valence-electron chi connectivity index (χ4n) is 9.81. The summed E-state index contributed by atoms with van der Waals surface area (Å²) in [5.74, 6) is 3.80. The van der Waals surface area contributed by atoms with Gasteiger partial charge in [-0.25, -0.2) is 31.3 Å². The highest BCUT2D eigenvalue weighted by Gasteiger charge is 2.48. The maximum atomic E-state index is 14.3. The topological polar surface area (TPSA) is 184 Å². The number of H-pyrrole nitrogens is 1. The molecule has 2 saturated heterocycles. The SMILES string of the molecule is C=S1(=NC(=O)OC(C)C)CCN(C[C@H](C)Cc2ccc(S(=O)(=O)NC(=O)c3ccc(N4CCN(CC5=C(c6ccc(Cl)cc6)CC(C)(C)CC5)CC4)cc3Oc3cnc4[nH]ccc4c3)cc2S(=O)(=O)C(F)(F)F)CC1. The number of benzene rings is 3. The lowest BCUT2D eigenvalue weighted by molar-refractivity contribution is -0.0436. The number of aromatic amines is 1. The average Bonchev–Trinajstić information content (AvgIpc) is 3.81. The number of aromatic nitrogens is 2. The second-order valence-electron chi connectivity index (χ2n) is 20.8. The van der Waals surface area contributed by atoms with Gasteiger partial charge >= 0.3 is 11.6 Å². The van der Waals surface area contributed by atoms with Gasteiger partial charge in [-0.1, -0.05) is 62.0 Å². The van der Waals surface area contributed by atoms with E-state index in [0.29, 0.717) is 72.0 Å². The number of nitrogens with one attached hydrogen (secondary N) is 2. The number of hydrogen-bond acceptors (Lipinski definition) is 12. The second kappa shape index (κ2) is 22.3. The Hall–Kier alpha value is -5.45. The first-order chi connectivity index (χ1) is 35.3. The molecule has 0 saturated carbocycles. The van der Waals surface area contributed by atoms with E-state index in [2.05, 4.69) is 56.0 Å². The Labute approximate surface area is 442 Å². The molecule has 0 spiro atoms. The van der Waals surface area contributed by atoms with Crippen molar-refractivity contribution in [2.45, 2.75) is 81.7 Å². The number of piperazine rings is 1. The molecule has 1 aliphatic carbocycles. The van der Waals surface area contributed by atoms with E-state index in [1.54, 1.807) is 51.2 Å². The minimum absolute atomic E-state index is 0.0226. The van der Waals surface area contributed by atoms with Crippen LogP contribution in [0.25, 0.3) is 16.6 Å². The van der Waals surface area contributed by atoms with Crippen molar-refractivity contribution in [1.82, 2.24) is 24.5 Å². The van der Waals surface area contributed by atoms with Crippen LogP contribution < -0.4 is 14.4 Å². The number of pyridine rings is 1. The van der Waals surface area contributed by atoms with E-state index in [0.717, 1.165) is 51.0 Å². The number of amides is 2. The first kappa shape index (κ1) is 55.8. The molecule has 0 radical (unpaired) electrons. The Morgan fingerprint density at radius 1 is 0.933 bits per heavy atom.